The van der Waals surface area contributed by atoms with E-state index >= 15 is 0 Å². The number of urea groups is 1. The Labute approximate surface area is 112 Å². The Morgan fingerprint density at radius 3 is 2.63 bits per heavy atom. The van der Waals surface area contributed by atoms with Gasteiger partial charge in [0.2, 0.25) is 0 Å². The van der Waals surface area contributed by atoms with Gasteiger partial charge in [-0.25, -0.2) is 9.59 Å². The number of hydrogen-bond acceptors (Lipinski definition) is 3. The van der Waals surface area contributed by atoms with E-state index in [1.807, 2.05) is 13.8 Å². The molecular formula is C12H20N4O3. The van der Waals surface area contributed by atoms with Crippen LogP contribution in [0.15, 0.2) is 12.4 Å². The van der Waals surface area contributed by atoms with Crippen LogP contribution in [0.3, 0.4) is 0 Å². The van der Waals surface area contributed by atoms with Gasteiger partial charge in [-0.2, -0.15) is 5.10 Å². The van der Waals surface area contributed by atoms with Crippen molar-refractivity contribution in [1.29, 1.82) is 0 Å². The first-order valence-corrected chi connectivity index (χ1v) is 6.26. The summed E-state index contributed by atoms with van der Waals surface area (Å²) in [5, 5.41) is 15.6. The molecule has 7 heteroatoms. The van der Waals surface area contributed by atoms with Crippen molar-refractivity contribution in [3.05, 3.63) is 18.0 Å². The molecule has 0 radical (unpaired) electrons. The lowest BCUT2D eigenvalue weighted by Gasteiger charge is -2.23. The summed E-state index contributed by atoms with van der Waals surface area (Å²) < 4.78 is 1.50. The smallest absolute Gasteiger partial charge is 0.331 e. The summed E-state index contributed by atoms with van der Waals surface area (Å²) in [5.74, 6) is -1.10. The molecule has 0 saturated heterocycles. The van der Waals surface area contributed by atoms with Crippen molar-refractivity contribution in [1.82, 2.24) is 20.0 Å². The minimum atomic E-state index is -1.10. The third kappa shape index (κ3) is 3.97. The number of carbonyl (C=O) groups is 2. The zero-order valence-electron chi connectivity index (χ0n) is 11.5. The van der Waals surface area contributed by atoms with Gasteiger partial charge in [0.25, 0.3) is 0 Å². The monoisotopic (exact) mass is 268 g/mol. The first-order chi connectivity index (χ1) is 8.99. The number of carboxylic acids is 1. The zero-order chi connectivity index (χ0) is 14.4. The molecule has 0 aliphatic heterocycles. The minimum absolute atomic E-state index is 0.374. The van der Waals surface area contributed by atoms with Crippen molar-refractivity contribution in [3.63, 3.8) is 0 Å². The molecule has 106 valence electrons. The SMILES string of the molecule is CCCN(CC)C(=O)NC(C(=O)O)c1cnn(C)c1. The molecule has 2 N–H and O–H groups in total. The fourth-order valence-electron chi connectivity index (χ4n) is 1.76. The van der Waals surface area contributed by atoms with Gasteiger partial charge in [-0.3, -0.25) is 4.68 Å². The van der Waals surface area contributed by atoms with Crippen molar-refractivity contribution in [2.75, 3.05) is 13.1 Å². The molecule has 0 aliphatic carbocycles. The number of carboxylic acid groups (broad SMARTS) is 1. The molecule has 1 atom stereocenters. The number of aliphatic carboxylic acids is 1. The minimum Gasteiger partial charge on any atom is -0.479 e. The molecule has 0 aromatic carbocycles. The number of aromatic nitrogens is 2. The van der Waals surface area contributed by atoms with Crippen LogP contribution in [0.4, 0.5) is 4.79 Å². The zero-order valence-corrected chi connectivity index (χ0v) is 11.5. The second kappa shape index (κ2) is 6.77. The van der Waals surface area contributed by atoms with Crippen LogP contribution >= 0.6 is 0 Å². The molecule has 2 amide bonds. The maximum Gasteiger partial charge on any atom is 0.331 e. The van der Waals surface area contributed by atoms with Crippen LogP contribution in [0.25, 0.3) is 0 Å². The Morgan fingerprint density at radius 2 is 2.21 bits per heavy atom. The van der Waals surface area contributed by atoms with Gasteiger partial charge in [-0.1, -0.05) is 6.92 Å². The molecule has 0 aliphatic rings. The molecule has 0 saturated carbocycles. The number of rotatable bonds is 6. The number of hydrogen-bond donors (Lipinski definition) is 2. The number of nitrogens with zero attached hydrogens (tertiary/aromatic N) is 3. The van der Waals surface area contributed by atoms with E-state index in [1.54, 1.807) is 18.1 Å². The Hall–Kier alpha value is -2.05. The van der Waals surface area contributed by atoms with Crippen LogP contribution < -0.4 is 5.32 Å². The molecule has 1 aromatic heterocycles. The Balaban J connectivity index is 2.79. The summed E-state index contributed by atoms with van der Waals surface area (Å²) in [5.41, 5.74) is 0.455. The van der Waals surface area contributed by atoms with Crippen molar-refractivity contribution in [2.45, 2.75) is 26.3 Å². The summed E-state index contributed by atoms with van der Waals surface area (Å²) in [6.45, 7) is 4.96. The van der Waals surface area contributed by atoms with Crippen molar-refractivity contribution in [3.8, 4) is 0 Å². The van der Waals surface area contributed by atoms with Gasteiger partial charge in [-0.15, -0.1) is 0 Å². The number of amides is 2. The third-order valence-electron chi connectivity index (χ3n) is 2.74. The third-order valence-corrected chi connectivity index (χ3v) is 2.74. The Kier molecular flexibility index (Phi) is 5.35. The number of carbonyl (C=O) groups excluding carboxylic acids is 1. The summed E-state index contributed by atoms with van der Waals surface area (Å²) >= 11 is 0. The highest BCUT2D eigenvalue weighted by Crippen LogP contribution is 2.12. The number of nitrogens with one attached hydrogen (secondary N) is 1. The van der Waals surface area contributed by atoms with Gasteiger partial charge in [0.15, 0.2) is 6.04 Å². The first kappa shape index (κ1) is 15.0. The van der Waals surface area contributed by atoms with E-state index in [-0.39, 0.29) is 6.03 Å². The van der Waals surface area contributed by atoms with E-state index in [9.17, 15) is 14.7 Å². The highest BCUT2D eigenvalue weighted by atomic mass is 16.4. The van der Waals surface area contributed by atoms with E-state index in [0.717, 1.165) is 6.42 Å². The molecule has 1 heterocycles. The molecule has 7 nitrogen and oxygen atoms in total. The number of aryl methyl sites for hydroxylation is 1. The average Bonchev–Trinajstić information content (AvgIpc) is 2.78. The molecule has 19 heavy (non-hydrogen) atoms. The van der Waals surface area contributed by atoms with Crippen LogP contribution in [0, 0.1) is 0 Å². The second-order valence-corrected chi connectivity index (χ2v) is 4.25. The predicted octanol–water partition coefficient (Wildman–Crippen LogP) is 0.987. The lowest BCUT2D eigenvalue weighted by Crippen LogP contribution is -2.44. The molecule has 0 fully saturated rings. The summed E-state index contributed by atoms with van der Waals surface area (Å²) in [6, 6.07) is -1.45. The van der Waals surface area contributed by atoms with Gasteiger partial charge in [-0.05, 0) is 13.3 Å². The van der Waals surface area contributed by atoms with E-state index < -0.39 is 12.0 Å². The Morgan fingerprint density at radius 1 is 1.53 bits per heavy atom. The molecule has 0 spiro atoms. The highest BCUT2D eigenvalue weighted by molar-refractivity contribution is 5.83. The summed E-state index contributed by atoms with van der Waals surface area (Å²) in [6.07, 6.45) is 3.84. The van der Waals surface area contributed by atoms with Gasteiger partial charge < -0.3 is 15.3 Å². The fourth-order valence-corrected chi connectivity index (χ4v) is 1.76. The van der Waals surface area contributed by atoms with Gasteiger partial charge in [0, 0.05) is 31.9 Å². The molecule has 1 aromatic rings. The van der Waals surface area contributed by atoms with Gasteiger partial charge >= 0.3 is 12.0 Å². The maximum atomic E-state index is 12.0. The first-order valence-electron chi connectivity index (χ1n) is 6.26. The molecular weight excluding hydrogens is 248 g/mol. The van der Waals surface area contributed by atoms with Crippen molar-refractivity contribution in [2.24, 2.45) is 7.05 Å². The molecule has 1 rings (SSSR count). The highest BCUT2D eigenvalue weighted by Gasteiger charge is 2.25. The standard InChI is InChI=1S/C12H20N4O3/c1-4-6-16(5-2)12(19)14-10(11(17)18)9-7-13-15(3)8-9/h7-8,10H,4-6H2,1-3H3,(H,14,19)(H,17,18). The predicted molar refractivity (Wildman–Crippen MR) is 69.7 cm³/mol. The fraction of sp³-hybridized carbons (Fsp3) is 0.583. The normalized spacial score (nSPS) is 11.9. The van der Waals surface area contributed by atoms with Gasteiger partial charge in [0.05, 0.1) is 6.20 Å². The second-order valence-electron chi connectivity index (χ2n) is 4.25. The largest absolute Gasteiger partial charge is 0.479 e. The van der Waals surface area contributed by atoms with Crippen LogP contribution in [0.2, 0.25) is 0 Å². The quantitative estimate of drug-likeness (QED) is 0.805. The lowest BCUT2D eigenvalue weighted by atomic mass is 10.1. The topological polar surface area (TPSA) is 87.5 Å². The maximum absolute atomic E-state index is 12.0. The summed E-state index contributed by atoms with van der Waals surface area (Å²) in [4.78, 5) is 24.8. The molecule has 1 unspecified atom stereocenters. The Bertz CT molecular complexity index is 444. The van der Waals surface area contributed by atoms with E-state index in [1.165, 1.54) is 10.9 Å². The van der Waals surface area contributed by atoms with E-state index in [2.05, 4.69) is 10.4 Å². The van der Waals surface area contributed by atoms with Crippen LogP contribution in [-0.2, 0) is 11.8 Å². The van der Waals surface area contributed by atoms with Crippen LogP contribution in [0.5, 0.6) is 0 Å². The van der Waals surface area contributed by atoms with E-state index in [0.29, 0.717) is 18.7 Å². The van der Waals surface area contributed by atoms with Gasteiger partial charge in [0.1, 0.15) is 0 Å². The molecule has 0 bridgehead atoms. The van der Waals surface area contributed by atoms with Crippen LogP contribution in [-0.4, -0.2) is 44.9 Å². The van der Waals surface area contributed by atoms with E-state index in [4.69, 9.17) is 0 Å². The van der Waals surface area contributed by atoms with Crippen molar-refractivity contribution >= 4 is 12.0 Å². The average molecular weight is 268 g/mol. The lowest BCUT2D eigenvalue weighted by molar-refractivity contribution is -0.139. The van der Waals surface area contributed by atoms with Crippen molar-refractivity contribution < 1.29 is 14.7 Å². The van der Waals surface area contributed by atoms with Crippen LogP contribution in [0.1, 0.15) is 31.9 Å². The summed E-state index contributed by atoms with van der Waals surface area (Å²) in [7, 11) is 1.69.